The van der Waals surface area contributed by atoms with E-state index >= 15 is 0 Å². The maximum Gasteiger partial charge on any atom is 0.253 e. The van der Waals surface area contributed by atoms with E-state index in [2.05, 4.69) is 15.4 Å². The van der Waals surface area contributed by atoms with Gasteiger partial charge < -0.3 is 5.32 Å². The number of hydrogen-bond donors (Lipinski definition) is 1. The molecule has 0 aliphatic heterocycles. The fraction of sp³-hybridized carbons (Fsp3) is 0.286. The Kier molecular flexibility index (Phi) is 4.11. The molecule has 0 aliphatic carbocycles. The molecular formula is C14H15N5O. The maximum atomic E-state index is 12.1. The third kappa shape index (κ3) is 3.01. The second-order valence-electron chi connectivity index (χ2n) is 4.43. The summed E-state index contributed by atoms with van der Waals surface area (Å²) in [5.74, 6) is -0.210. The maximum absolute atomic E-state index is 12.1. The minimum Gasteiger partial charge on any atom is -0.345 e. The van der Waals surface area contributed by atoms with Crippen LogP contribution < -0.4 is 5.32 Å². The number of carbonyl (C=O) groups excluding carboxylic acids is 1. The molecule has 0 saturated heterocycles. The highest BCUT2D eigenvalue weighted by atomic mass is 16.1. The van der Waals surface area contributed by atoms with Crippen LogP contribution in [0.15, 0.2) is 30.7 Å². The highest BCUT2D eigenvalue weighted by Gasteiger charge is 2.15. The summed E-state index contributed by atoms with van der Waals surface area (Å²) in [6.07, 6.45) is 5.79. The van der Waals surface area contributed by atoms with E-state index in [1.54, 1.807) is 16.9 Å². The normalized spacial score (nSPS) is 11.7. The number of pyridine rings is 1. The van der Waals surface area contributed by atoms with Crippen molar-refractivity contribution in [3.05, 3.63) is 47.5 Å². The van der Waals surface area contributed by atoms with E-state index in [0.717, 1.165) is 12.0 Å². The Morgan fingerprint density at radius 2 is 2.30 bits per heavy atom. The van der Waals surface area contributed by atoms with Crippen LogP contribution in [-0.4, -0.2) is 20.7 Å². The molecule has 102 valence electrons. The van der Waals surface area contributed by atoms with E-state index in [0.29, 0.717) is 11.3 Å². The van der Waals surface area contributed by atoms with Crippen LogP contribution in [0.25, 0.3) is 0 Å². The molecule has 0 aliphatic rings. The van der Waals surface area contributed by atoms with Gasteiger partial charge in [-0.25, -0.2) is 4.98 Å². The Morgan fingerprint density at radius 1 is 1.50 bits per heavy atom. The van der Waals surface area contributed by atoms with Gasteiger partial charge in [-0.1, -0.05) is 6.92 Å². The zero-order valence-corrected chi connectivity index (χ0v) is 11.4. The summed E-state index contributed by atoms with van der Waals surface area (Å²) in [5, 5.41) is 15.7. The fourth-order valence-electron chi connectivity index (χ4n) is 1.88. The molecule has 6 heteroatoms. The Labute approximate surface area is 117 Å². The molecule has 2 rings (SSSR count). The van der Waals surface area contributed by atoms with Gasteiger partial charge in [0.2, 0.25) is 0 Å². The molecule has 0 fully saturated rings. The third-order valence-electron chi connectivity index (χ3n) is 2.98. The Balaban J connectivity index is 2.11. The molecule has 0 saturated carbocycles. The molecule has 1 amide bonds. The van der Waals surface area contributed by atoms with Crippen LogP contribution in [-0.2, 0) is 7.05 Å². The number of rotatable bonds is 4. The van der Waals surface area contributed by atoms with Crippen LogP contribution in [0.1, 0.15) is 41.0 Å². The Bertz CT molecular complexity index is 638. The average molecular weight is 269 g/mol. The van der Waals surface area contributed by atoms with Gasteiger partial charge >= 0.3 is 0 Å². The number of nitriles is 1. The van der Waals surface area contributed by atoms with Crippen molar-refractivity contribution < 1.29 is 4.79 Å². The predicted molar refractivity (Wildman–Crippen MR) is 72.7 cm³/mol. The number of hydrogen-bond acceptors (Lipinski definition) is 4. The first-order chi connectivity index (χ1) is 9.63. The molecule has 2 heterocycles. The van der Waals surface area contributed by atoms with Gasteiger partial charge in [-0.2, -0.15) is 10.4 Å². The van der Waals surface area contributed by atoms with Gasteiger partial charge in [0.05, 0.1) is 17.8 Å². The van der Waals surface area contributed by atoms with Crippen molar-refractivity contribution in [3.63, 3.8) is 0 Å². The first kappa shape index (κ1) is 13.7. The van der Waals surface area contributed by atoms with Crippen LogP contribution in [0.2, 0.25) is 0 Å². The number of amides is 1. The molecule has 20 heavy (non-hydrogen) atoms. The fourth-order valence-corrected chi connectivity index (χ4v) is 1.88. The lowest BCUT2D eigenvalue weighted by Gasteiger charge is -2.15. The minimum absolute atomic E-state index is 0.0909. The van der Waals surface area contributed by atoms with Gasteiger partial charge in [-0.05, 0) is 18.6 Å². The zero-order valence-electron chi connectivity index (χ0n) is 11.4. The van der Waals surface area contributed by atoms with Crippen LogP contribution in [0.5, 0.6) is 0 Å². The van der Waals surface area contributed by atoms with Crippen molar-refractivity contribution in [2.45, 2.75) is 19.4 Å². The van der Waals surface area contributed by atoms with Gasteiger partial charge in [-0.15, -0.1) is 0 Å². The molecule has 0 radical (unpaired) electrons. The number of aryl methyl sites for hydroxylation is 1. The number of nitrogens with one attached hydrogen (secondary N) is 1. The Hall–Kier alpha value is -2.68. The van der Waals surface area contributed by atoms with Gasteiger partial charge in [0.15, 0.2) is 0 Å². The van der Waals surface area contributed by atoms with Crippen LogP contribution in [0.3, 0.4) is 0 Å². The van der Waals surface area contributed by atoms with Gasteiger partial charge in [0, 0.05) is 25.0 Å². The minimum atomic E-state index is -0.210. The van der Waals surface area contributed by atoms with Gasteiger partial charge in [0.1, 0.15) is 11.8 Å². The lowest BCUT2D eigenvalue weighted by atomic mass is 10.1. The van der Waals surface area contributed by atoms with Gasteiger partial charge in [0.25, 0.3) is 5.91 Å². The summed E-state index contributed by atoms with van der Waals surface area (Å²) >= 11 is 0. The van der Waals surface area contributed by atoms with Crippen molar-refractivity contribution >= 4 is 5.91 Å². The monoisotopic (exact) mass is 269 g/mol. The lowest BCUT2D eigenvalue weighted by molar-refractivity contribution is 0.0935. The zero-order chi connectivity index (χ0) is 14.5. The molecule has 2 aromatic heterocycles. The standard InChI is InChI=1S/C14H15N5O/c1-3-13(11-8-17-19(2)9-11)18-14(20)10-4-5-12(6-15)16-7-10/h4-5,7-9,13H,3H2,1-2H3,(H,18,20). The summed E-state index contributed by atoms with van der Waals surface area (Å²) in [6.45, 7) is 2.00. The summed E-state index contributed by atoms with van der Waals surface area (Å²) in [4.78, 5) is 16.0. The van der Waals surface area contributed by atoms with Gasteiger partial charge in [-0.3, -0.25) is 9.48 Å². The SMILES string of the molecule is CCC(NC(=O)c1ccc(C#N)nc1)c1cnn(C)c1. The van der Waals surface area contributed by atoms with E-state index in [4.69, 9.17) is 5.26 Å². The lowest BCUT2D eigenvalue weighted by Crippen LogP contribution is -2.28. The average Bonchev–Trinajstić information content (AvgIpc) is 2.91. The Morgan fingerprint density at radius 3 is 2.80 bits per heavy atom. The first-order valence-electron chi connectivity index (χ1n) is 6.29. The number of aromatic nitrogens is 3. The highest BCUT2D eigenvalue weighted by molar-refractivity contribution is 5.94. The molecule has 1 atom stereocenters. The molecule has 2 aromatic rings. The molecule has 0 bridgehead atoms. The second kappa shape index (κ2) is 5.97. The van der Waals surface area contributed by atoms with E-state index in [-0.39, 0.29) is 11.9 Å². The molecule has 1 unspecified atom stereocenters. The van der Waals surface area contributed by atoms with E-state index in [9.17, 15) is 4.79 Å². The van der Waals surface area contributed by atoms with Crippen molar-refractivity contribution in [1.82, 2.24) is 20.1 Å². The summed E-state index contributed by atoms with van der Waals surface area (Å²) < 4.78 is 1.70. The second-order valence-corrected chi connectivity index (χ2v) is 4.43. The van der Waals surface area contributed by atoms with Crippen molar-refractivity contribution in [3.8, 4) is 6.07 Å². The summed E-state index contributed by atoms with van der Waals surface area (Å²) in [5.41, 5.74) is 1.69. The molecule has 1 N–H and O–H groups in total. The molecule has 6 nitrogen and oxygen atoms in total. The third-order valence-corrected chi connectivity index (χ3v) is 2.98. The van der Waals surface area contributed by atoms with E-state index in [1.165, 1.54) is 12.3 Å². The highest BCUT2D eigenvalue weighted by Crippen LogP contribution is 2.16. The molecular weight excluding hydrogens is 254 g/mol. The van der Waals surface area contributed by atoms with Crippen molar-refractivity contribution in [2.75, 3.05) is 0 Å². The summed E-state index contributed by atoms with van der Waals surface area (Å²) in [6, 6.07) is 4.95. The number of carbonyl (C=O) groups is 1. The van der Waals surface area contributed by atoms with Crippen LogP contribution >= 0.6 is 0 Å². The van der Waals surface area contributed by atoms with Crippen molar-refractivity contribution in [2.24, 2.45) is 7.05 Å². The van der Waals surface area contributed by atoms with E-state index < -0.39 is 0 Å². The number of nitrogens with zero attached hydrogens (tertiary/aromatic N) is 4. The first-order valence-corrected chi connectivity index (χ1v) is 6.29. The van der Waals surface area contributed by atoms with Crippen LogP contribution in [0.4, 0.5) is 0 Å². The smallest absolute Gasteiger partial charge is 0.253 e. The predicted octanol–water partition coefficient (Wildman–Crippen LogP) is 1.57. The topological polar surface area (TPSA) is 83.6 Å². The van der Waals surface area contributed by atoms with Crippen molar-refractivity contribution in [1.29, 1.82) is 5.26 Å². The van der Waals surface area contributed by atoms with Crippen LogP contribution in [0, 0.1) is 11.3 Å². The quantitative estimate of drug-likeness (QED) is 0.913. The van der Waals surface area contributed by atoms with E-state index in [1.807, 2.05) is 26.2 Å². The molecule has 0 spiro atoms. The summed E-state index contributed by atoms with van der Waals surface area (Å²) in [7, 11) is 1.84. The largest absolute Gasteiger partial charge is 0.345 e. The molecule has 0 aromatic carbocycles.